The lowest BCUT2D eigenvalue weighted by molar-refractivity contribution is 0.201. The molecule has 5 heteroatoms. The van der Waals surface area contributed by atoms with Gasteiger partial charge < -0.3 is 4.74 Å². The molecule has 1 saturated heterocycles. The van der Waals surface area contributed by atoms with Gasteiger partial charge in [0.2, 0.25) is 0 Å². The van der Waals surface area contributed by atoms with E-state index in [1.807, 2.05) is 39.1 Å². The van der Waals surface area contributed by atoms with Gasteiger partial charge in [0.1, 0.15) is 12.4 Å². The molecule has 1 fully saturated rings. The first-order valence-corrected chi connectivity index (χ1v) is 8.81. The zero-order valence-electron chi connectivity index (χ0n) is 12.4. The van der Waals surface area contributed by atoms with E-state index in [0.29, 0.717) is 12.4 Å². The van der Waals surface area contributed by atoms with Gasteiger partial charge >= 0.3 is 0 Å². The quantitative estimate of drug-likeness (QED) is 0.831. The molecular formula is C15H23NO3S. The molecule has 1 atom stereocenters. The van der Waals surface area contributed by atoms with Crippen LogP contribution in [0, 0.1) is 13.8 Å². The van der Waals surface area contributed by atoms with Crippen molar-refractivity contribution in [1.82, 2.24) is 4.90 Å². The summed E-state index contributed by atoms with van der Waals surface area (Å²) in [5.74, 6) is 1.55. The van der Waals surface area contributed by atoms with Crippen LogP contribution >= 0.6 is 0 Å². The topological polar surface area (TPSA) is 46.6 Å². The van der Waals surface area contributed by atoms with E-state index in [2.05, 4.69) is 4.90 Å². The standard InChI is InChI=1S/C15H23NO3S/c1-12-5-4-6-13(2)15(12)19-9-8-16(3)14-7-10-20(17,18)11-14/h4-6,14H,7-11H2,1-3H3. The van der Waals surface area contributed by atoms with Crippen molar-refractivity contribution in [3.8, 4) is 5.75 Å². The molecule has 1 aliphatic heterocycles. The fraction of sp³-hybridized carbons (Fsp3) is 0.600. The largest absolute Gasteiger partial charge is 0.492 e. The molecule has 0 radical (unpaired) electrons. The van der Waals surface area contributed by atoms with Gasteiger partial charge in [-0.2, -0.15) is 0 Å². The minimum atomic E-state index is -2.81. The van der Waals surface area contributed by atoms with Crippen molar-refractivity contribution in [1.29, 1.82) is 0 Å². The van der Waals surface area contributed by atoms with E-state index in [-0.39, 0.29) is 11.8 Å². The number of sulfone groups is 1. The van der Waals surface area contributed by atoms with Crippen LogP contribution in [0.4, 0.5) is 0 Å². The zero-order valence-corrected chi connectivity index (χ0v) is 13.2. The highest BCUT2D eigenvalue weighted by Crippen LogP contribution is 2.22. The Morgan fingerprint density at radius 2 is 1.95 bits per heavy atom. The maximum Gasteiger partial charge on any atom is 0.151 e. The molecule has 112 valence electrons. The van der Waals surface area contributed by atoms with Gasteiger partial charge in [-0.05, 0) is 38.4 Å². The zero-order chi connectivity index (χ0) is 14.8. The number of aryl methyl sites for hydroxylation is 2. The fourth-order valence-electron chi connectivity index (χ4n) is 2.62. The van der Waals surface area contributed by atoms with Crippen molar-refractivity contribution in [2.75, 3.05) is 31.7 Å². The minimum absolute atomic E-state index is 0.140. The van der Waals surface area contributed by atoms with Crippen LogP contribution in [-0.4, -0.2) is 51.1 Å². The molecule has 0 bridgehead atoms. The third-order valence-corrected chi connectivity index (χ3v) is 5.68. The summed E-state index contributed by atoms with van der Waals surface area (Å²) in [5.41, 5.74) is 2.27. The Labute approximate surface area is 121 Å². The van der Waals surface area contributed by atoms with Gasteiger partial charge in [-0.25, -0.2) is 8.42 Å². The van der Waals surface area contributed by atoms with Crippen LogP contribution in [0.2, 0.25) is 0 Å². The average molecular weight is 297 g/mol. The highest BCUT2D eigenvalue weighted by atomic mass is 32.2. The van der Waals surface area contributed by atoms with Gasteiger partial charge in [0, 0.05) is 12.6 Å². The molecule has 1 aliphatic rings. The third-order valence-electron chi connectivity index (χ3n) is 3.93. The van der Waals surface area contributed by atoms with Crippen LogP contribution in [0.1, 0.15) is 17.5 Å². The van der Waals surface area contributed by atoms with Gasteiger partial charge in [-0.3, -0.25) is 4.90 Å². The van der Waals surface area contributed by atoms with Crippen molar-refractivity contribution < 1.29 is 13.2 Å². The third kappa shape index (κ3) is 3.73. The molecule has 4 nitrogen and oxygen atoms in total. The average Bonchev–Trinajstić information content (AvgIpc) is 2.73. The molecule has 2 rings (SSSR count). The number of rotatable bonds is 5. The number of likely N-dealkylation sites (N-methyl/N-ethyl adjacent to an activating group) is 1. The molecule has 20 heavy (non-hydrogen) atoms. The number of benzene rings is 1. The first kappa shape index (κ1) is 15.3. The summed E-state index contributed by atoms with van der Waals surface area (Å²) < 4.78 is 28.8. The second-order valence-corrected chi connectivity index (χ2v) is 7.84. The normalized spacial score (nSPS) is 21.3. The lowest BCUT2D eigenvalue weighted by Gasteiger charge is -2.23. The summed E-state index contributed by atoms with van der Waals surface area (Å²) in [4.78, 5) is 2.10. The van der Waals surface area contributed by atoms with Gasteiger partial charge in [0.15, 0.2) is 9.84 Å². The van der Waals surface area contributed by atoms with Gasteiger partial charge in [0.05, 0.1) is 11.5 Å². The SMILES string of the molecule is Cc1cccc(C)c1OCCN(C)C1CCS(=O)(=O)C1. The maximum atomic E-state index is 11.5. The second-order valence-electron chi connectivity index (χ2n) is 5.61. The predicted molar refractivity (Wildman–Crippen MR) is 81.1 cm³/mol. The molecule has 1 heterocycles. The lowest BCUT2D eigenvalue weighted by atomic mass is 10.1. The first-order chi connectivity index (χ1) is 9.39. The van der Waals surface area contributed by atoms with E-state index >= 15 is 0 Å². The lowest BCUT2D eigenvalue weighted by Crippen LogP contribution is -2.35. The molecular weight excluding hydrogens is 274 g/mol. The molecule has 1 unspecified atom stereocenters. The van der Waals surface area contributed by atoms with E-state index in [1.54, 1.807) is 0 Å². The van der Waals surface area contributed by atoms with Crippen molar-refractivity contribution in [3.05, 3.63) is 29.3 Å². The van der Waals surface area contributed by atoms with E-state index in [9.17, 15) is 8.42 Å². The van der Waals surface area contributed by atoms with Crippen LogP contribution in [0.15, 0.2) is 18.2 Å². The summed E-state index contributed by atoms with van der Waals surface area (Å²) in [6.07, 6.45) is 0.738. The van der Waals surface area contributed by atoms with Crippen LogP contribution in [0.25, 0.3) is 0 Å². The van der Waals surface area contributed by atoms with Crippen molar-refractivity contribution in [2.45, 2.75) is 26.3 Å². The van der Waals surface area contributed by atoms with Crippen molar-refractivity contribution in [3.63, 3.8) is 0 Å². The highest BCUT2D eigenvalue weighted by molar-refractivity contribution is 7.91. The van der Waals surface area contributed by atoms with E-state index in [0.717, 1.165) is 29.8 Å². The Hall–Kier alpha value is -1.07. The Balaban J connectivity index is 1.84. The molecule has 0 aliphatic carbocycles. The van der Waals surface area contributed by atoms with Crippen LogP contribution < -0.4 is 4.74 Å². The molecule has 0 aromatic heterocycles. The monoisotopic (exact) mass is 297 g/mol. The minimum Gasteiger partial charge on any atom is -0.492 e. The van der Waals surface area contributed by atoms with E-state index < -0.39 is 9.84 Å². The molecule has 0 amide bonds. The van der Waals surface area contributed by atoms with Gasteiger partial charge in [-0.1, -0.05) is 18.2 Å². The number of hydrogen-bond acceptors (Lipinski definition) is 4. The summed E-state index contributed by atoms with van der Waals surface area (Å²) in [6.45, 7) is 5.40. The van der Waals surface area contributed by atoms with Crippen molar-refractivity contribution >= 4 is 9.84 Å². The Bertz CT molecular complexity index is 548. The number of ether oxygens (including phenoxy) is 1. The van der Waals surface area contributed by atoms with Gasteiger partial charge in [-0.15, -0.1) is 0 Å². The number of para-hydroxylation sites is 1. The van der Waals surface area contributed by atoms with Gasteiger partial charge in [0.25, 0.3) is 0 Å². The maximum absolute atomic E-state index is 11.5. The Morgan fingerprint density at radius 1 is 1.30 bits per heavy atom. The highest BCUT2D eigenvalue weighted by Gasteiger charge is 2.30. The van der Waals surface area contributed by atoms with E-state index in [1.165, 1.54) is 0 Å². The van der Waals surface area contributed by atoms with Crippen LogP contribution in [0.3, 0.4) is 0 Å². The Morgan fingerprint density at radius 3 is 2.50 bits per heavy atom. The molecule has 0 spiro atoms. The number of hydrogen-bond donors (Lipinski definition) is 0. The molecule has 0 saturated carbocycles. The van der Waals surface area contributed by atoms with E-state index in [4.69, 9.17) is 4.74 Å². The summed E-state index contributed by atoms with van der Waals surface area (Å²) in [6, 6.07) is 6.24. The van der Waals surface area contributed by atoms with Crippen molar-refractivity contribution in [2.24, 2.45) is 0 Å². The van der Waals surface area contributed by atoms with Crippen LogP contribution in [0.5, 0.6) is 5.75 Å². The summed E-state index contributed by atoms with van der Waals surface area (Å²) in [7, 11) is -0.842. The number of nitrogens with zero attached hydrogens (tertiary/aromatic N) is 1. The molecule has 0 N–H and O–H groups in total. The smallest absolute Gasteiger partial charge is 0.151 e. The molecule has 1 aromatic carbocycles. The predicted octanol–water partition coefficient (Wildman–Crippen LogP) is 1.80. The first-order valence-electron chi connectivity index (χ1n) is 6.99. The second kappa shape index (κ2) is 6.14. The summed E-state index contributed by atoms with van der Waals surface area (Å²) in [5, 5.41) is 0. The molecule has 1 aromatic rings. The van der Waals surface area contributed by atoms with Crippen LogP contribution in [-0.2, 0) is 9.84 Å². The summed E-state index contributed by atoms with van der Waals surface area (Å²) >= 11 is 0. The fourth-order valence-corrected chi connectivity index (χ4v) is 4.43. The Kier molecular flexibility index (Phi) is 4.70.